The van der Waals surface area contributed by atoms with Gasteiger partial charge in [-0.15, -0.1) is 11.3 Å². The number of rotatable bonds is 5. The summed E-state index contributed by atoms with van der Waals surface area (Å²) in [5, 5.41) is 17.7. The normalized spacial score (nSPS) is 11.7. The van der Waals surface area contributed by atoms with E-state index in [-0.39, 0.29) is 5.91 Å². The van der Waals surface area contributed by atoms with Crippen molar-refractivity contribution in [3.05, 3.63) is 71.1 Å². The average Bonchev–Trinajstić information content (AvgIpc) is 3.22. The van der Waals surface area contributed by atoms with Gasteiger partial charge < -0.3 is 15.2 Å². The SMILES string of the molecule is CC(C)(C)OC(=O)Nc1ccc(-c2cccs2)cc1NC(=O)c1ccc(C(C)(C)O)cc1. The van der Waals surface area contributed by atoms with Gasteiger partial charge in [-0.25, -0.2) is 4.79 Å². The van der Waals surface area contributed by atoms with E-state index >= 15 is 0 Å². The second-order valence-electron chi connectivity index (χ2n) is 8.96. The van der Waals surface area contributed by atoms with E-state index in [2.05, 4.69) is 10.6 Å². The van der Waals surface area contributed by atoms with Crippen LogP contribution in [0.3, 0.4) is 0 Å². The van der Waals surface area contributed by atoms with Crippen LogP contribution in [0.15, 0.2) is 60.0 Å². The molecular formula is C25H28N2O4S. The third-order valence-electron chi connectivity index (χ3n) is 4.56. The lowest BCUT2D eigenvalue weighted by Gasteiger charge is -2.21. The van der Waals surface area contributed by atoms with E-state index in [1.165, 1.54) is 0 Å². The van der Waals surface area contributed by atoms with Crippen LogP contribution in [0.25, 0.3) is 10.4 Å². The number of benzene rings is 2. The summed E-state index contributed by atoms with van der Waals surface area (Å²) in [4.78, 5) is 26.3. The van der Waals surface area contributed by atoms with Gasteiger partial charge in [-0.05, 0) is 81.5 Å². The first-order valence-electron chi connectivity index (χ1n) is 10.2. The predicted molar refractivity (Wildman–Crippen MR) is 129 cm³/mol. The fourth-order valence-electron chi connectivity index (χ4n) is 2.99. The van der Waals surface area contributed by atoms with Crippen molar-refractivity contribution >= 4 is 34.7 Å². The topological polar surface area (TPSA) is 87.7 Å². The number of amides is 2. The Kier molecular flexibility index (Phi) is 6.71. The Morgan fingerprint density at radius 2 is 1.59 bits per heavy atom. The molecule has 6 nitrogen and oxygen atoms in total. The van der Waals surface area contributed by atoms with E-state index < -0.39 is 17.3 Å². The molecule has 2 aromatic carbocycles. The molecule has 3 N–H and O–H groups in total. The maximum Gasteiger partial charge on any atom is 0.412 e. The molecule has 2 amide bonds. The molecule has 0 aliphatic rings. The first-order valence-corrected chi connectivity index (χ1v) is 11.1. The largest absolute Gasteiger partial charge is 0.444 e. The zero-order valence-corrected chi connectivity index (χ0v) is 19.7. The number of carbonyl (C=O) groups excluding carboxylic acids is 2. The molecule has 168 valence electrons. The van der Waals surface area contributed by atoms with Gasteiger partial charge >= 0.3 is 6.09 Å². The maximum absolute atomic E-state index is 12.9. The summed E-state index contributed by atoms with van der Waals surface area (Å²) in [5.74, 6) is -0.331. The Hall–Kier alpha value is -3.16. The van der Waals surface area contributed by atoms with Crippen molar-refractivity contribution in [3.8, 4) is 10.4 Å². The molecule has 1 heterocycles. The van der Waals surface area contributed by atoms with Crippen LogP contribution in [0.1, 0.15) is 50.5 Å². The van der Waals surface area contributed by atoms with Crippen LogP contribution in [0.4, 0.5) is 16.2 Å². The van der Waals surface area contributed by atoms with E-state index in [1.807, 2.05) is 29.6 Å². The highest BCUT2D eigenvalue weighted by molar-refractivity contribution is 7.13. The summed E-state index contributed by atoms with van der Waals surface area (Å²) < 4.78 is 5.35. The van der Waals surface area contributed by atoms with Gasteiger partial charge in [-0.3, -0.25) is 10.1 Å². The van der Waals surface area contributed by atoms with Gasteiger partial charge in [0.15, 0.2) is 0 Å². The van der Waals surface area contributed by atoms with Crippen LogP contribution in [0.5, 0.6) is 0 Å². The molecule has 0 radical (unpaired) electrons. The molecule has 3 aromatic rings. The number of hydrogen-bond donors (Lipinski definition) is 3. The summed E-state index contributed by atoms with van der Waals surface area (Å²) in [7, 11) is 0. The lowest BCUT2D eigenvalue weighted by Crippen LogP contribution is -2.27. The molecule has 7 heteroatoms. The summed E-state index contributed by atoms with van der Waals surface area (Å²) >= 11 is 1.58. The first kappa shape index (κ1) is 23.5. The maximum atomic E-state index is 12.9. The van der Waals surface area contributed by atoms with E-state index in [0.717, 1.165) is 10.4 Å². The predicted octanol–water partition coefficient (Wildman–Crippen LogP) is 6.24. The fourth-order valence-corrected chi connectivity index (χ4v) is 3.71. The molecule has 0 aliphatic carbocycles. The fraction of sp³-hybridized carbons (Fsp3) is 0.280. The van der Waals surface area contributed by atoms with Gasteiger partial charge in [0.05, 0.1) is 17.0 Å². The van der Waals surface area contributed by atoms with Gasteiger partial charge in [-0.2, -0.15) is 0 Å². The minimum Gasteiger partial charge on any atom is -0.444 e. The molecule has 0 spiro atoms. The zero-order chi connectivity index (χ0) is 23.5. The number of anilines is 2. The minimum atomic E-state index is -0.992. The van der Waals surface area contributed by atoms with Crippen molar-refractivity contribution < 1.29 is 19.4 Å². The second kappa shape index (κ2) is 9.14. The lowest BCUT2D eigenvalue weighted by atomic mass is 9.97. The number of ether oxygens (including phenoxy) is 1. The van der Waals surface area contributed by atoms with Gasteiger partial charge in [-0.1, -0.05) is 24.3 Å². The van der Waals surface area contributed by atoms with Crippen molar-refractivity contribution in [2.24, 2.45) is 0 Å². The van der Waals surface area contributed by atoms with Crippen molar-refractivity contribution in [2.75, 3.05) is 10.6 Å². The van der Waals surface area contributed by atoms with Crippen molar-refractivity contribution in [3.63, 3.8) is 0 Å². The van der Waals surface area contributed by atoms with Crippen LogP contribution in [0.2, 0.25) is 0 Å². The molecular weight excluding hydrogens is 424 g/mol. The highest BCUT2D eigenvalue weighted by atomic mass is 32.1. The van der Waals surface area contributed by atoms with Crippen LogP contribution in [0, 0.1) is 0 Å². The summed E-state index contributed by atoms with van der Waals surface area (Å²) in [5.41, 5.74) is 1.31. The Labute approximate surface area is 192 Å². The third kappa shape index (κ3) is 6.18. The highest BCUT2D eigenvalue weighted by Gasteiger charge is 2.19. The monoisotopic (exact) mass is 452 g/mol. The molecule has 0 atom stereocenters. The van der Waals surface area contributed by atoms with Crippen LogP contribution < -0.4 is 10.6 Å². The Bertz CT molecular complexity index is 1090. The van der Waals surface area contributed by atoms with E-state index in [9.17, 15) is 14.7 Å². The number of nitrogens with one attached hydrogen (secondary N) is 2. The third-order valence-corrected chi connectivity index (χ3v) is 5.48. The van der Waals surface area contributed by atoms with Gasteiger partial charge in [0.1, 0.15) is 5.60 Å². The number of hydrogen-bond acceptors (Lipinski definition) is 5. The minimum absolute atomic E-state index is 0.331. The summed E-state index contributed by atoms with van der Waals surface area (Å²) in [6, 6.07) is 16.1. The van der Waals surface area contributed by atoms with Gasteiger partial charge in [0, 0.05) is 10.4 Å². The van der Waals surface area contributed by atoms with E-state index in [1.54, 1.807) is 76.3 Å². The zero-order valence-electron chi connectivity index (χ0n) is 18.9. The summed E-state index contributed by atoms with van der Waals surface area (Å²) in [6.07, 6.45) is -0.605. The van der Waals surface area contributed by atoms with E-state index in [0.29, 0.717) is 22.5 Å². The average molecular weight is 453 g/mol. The molecule has 0 unspecified atom stereocenters. The van der Waals surface area contributed by atoms with Gasteiger partial charge in [0.25, 0.3) is 5.91 Å². The van der Waals surface area contributed by atoms with Crippen molar-refractivity contribution in [1.82, 2.24) is 0 Å². The first-order chi connectivity index (χ1) is 14.9. The molecule has 0 bridgehead atoms. The number of thiophene rings is 1. The lowest BCUT2D eigenvalue weighted by molar-refractivity contribution is 0.0635. The standard InChI is InChI=1S/C25H28N2O4S/c1-24(2,3)31-23(29)27-19-13-10-17(21-7-6-14-32-21)15-20(19)26-22(28)16-8-11-18(12-9-16)25(4,5)30/h6-15,30H,1-5H3,(H,26,28)(H,27,29). The second-order valence-corrected chi connectivity index (χ2v) is 9.90. The van der Waals surface area contributed by atoms with Crippen molar-refractivity contribution in [1.29, 1.82) is 0 Å². The van der Waals surface area contributed by atoms with Crippen molar-refractivity contribution in [2.45, 2.75) is 45.8 Å². The molecule has 0 aliphatic heterocycles. The quantitative estimate of drug-likeness (QED) is 0.427. The molecule has 32 heavy (non-hydrogen) atoms. The molecule has 0 saturated heterocycles. The van der Waals surface area contributed by atoms with Crippen LogP contribution >= 0.6 is 11.3 Å². The van der Waals surface area contributed by atoms with Crippen LogP contribution in [-0.4, -0.2) is 22.7 Å². The Morgan fingerprint density at radius 3 is 2.16 bits per heavy atom. The highest BCUT2D eigenvalue weighted by Crippen LogP contribution is 2.32. The Morgan fingerprint density at radius 1 is 0.906 bits per heavy atom. The smallest absolute Gasteiger partial charge is 0.412 e. The van der Waals surface area contributed by atoms with E-state index in [4.69, 9.17) is 4.74 Å². The molecule has 1 aromatic heterocycles. The molecule has 0 fully saturated rings. The molecule has 3 rings (SSSR count). The number of carbonyl (C=O) groups is 2. The summed E-state index contributed by atoms with van der Waals surface area (Å²) in [6.45, 7) is 8.73. The Balaban J connectivity index is 1.88. The molecule has 0 saturated carbocycles. The number of aliphatic hydroxyl groups is 1. The van der Waals surface area contributed by atoms with Crippen LogP contribution in [-0.2, 0) is 10.3 Å². The van der Waals surface area contributed by atoms with Gasteiger partial charge in [0.2, 0.25) is 0 Å².